The van der Waals surface area contributed by atoms with E-state index in [1.54, 1.807) is 0 Å². The molecule has 2 heterocycles. The Morgan fingerprint density at radius 1 is 1.44 bits per heavy atom. The van der Waals surface area contributed by atoms with Gasteiger partial charge >= 0.3 is 0 Å². The van der Waals surface area contributed by atoms with E-state index in [0.717, 1.165) is 32.7 Å². The maximum absolute atomic E-state index is 9.76. The molecule has 4 heteroatoms. The van der Waals surface area contributed by atoms with Gasteiger partial charge < -0.3 is 14.7 Å². The number of rotatable bonds is 4. The van der Waals surface area contributed by atoms with E-state index < -0.39 is 0 Å². The van der Waals surface area contributed by atoms with Gasteiger partial charge in [0.15, 0.2) is 0 Å². The van der Waals surface area contributed by atoms with Crippen molar-refractivity contribution < 1.29 is 9.84 Å². The van der Waals surface area contributed by atoms with E-state index in [1.165, 1.54) is 12.8 Å². The lowest BCUT2D eigenvalue weighted by atomic mass is 10.1. The molecule has 3 atom stereocenters. The molecule has 94 valence electrons. The summed E-state index contributed by atoms with van der Waals surface area (Å²) >= 11 is 0. The number of nitrogens with zero attached hydrogens (tertiary/aromatic N) is 2. The largest absolute Gasteiger partial charge is 0.392 e. The molecule has 3 unspecified atom stereocenters. The molecule has 0 radical (unpaired) electrons. The third kappa shape index (κ3) is 3.17. The highest BCUT2D eigenvalue weighted by Crippen LogP contribution is 2.22. The third-order valence-corrected chi connectivity index (χ3v) is 3.54. The average Bonchev–Trinajstić information content (AvgIpc) is 2.77. The van der Waals surface area contributed by atoms with Crippen molar-refractivity contribution in [3.8, 4) is 0 Å². The van der Waals surface area contributed by atoms with Gasteiger partial charge in [-0.3, -0.25) is 4.90 Å². The molecule has 0 aliphatic carbocycles. The Morgan fingerprint density at radius 2 is 2.25 bits per heavy atom. The van der Waals surface area contributed by atoms with Gasteiger partial charge in [-0.25, -0.2) is 0 Å². The molecule has 2 aliphatic heterocycles. The van der Waals surface area contributed by atoms with Gasteiger partial charge in [0.25, 0.3) is 0 Å². The summed E-state index contributed by atoms with van der Waals surface area (Å²) in [5.41, 5.74) is 0. The molecular weight excluding hydrogens is 204 g/mol. The summed E-state index contributed by atoms with van der Waals surface area (Å²) in [7, 11) is 4.18. The smallest absolute Gasteiger partial charge is 0.0702 e. The SMILES string of the molecule is CN(C)CC1CC(O)CN1CC1CCCO1. The molecule has 0 aromatic heterocycles. The lowest BCUT2D eigenvalue weighted by molar-refractivity contribution is 0.0618. The number of hydrogen-bond acceptors (Lipinski definition) is 4. The molecular formula is C12H24N2O2. The van der Waals surface area contributed by atoms with Crippen LogP contribution in [0.15, 0.2) is 0 Å². The van der Waals surface area contributed by atoms with Gasteiger partial charge in [0, 0.05) is 32.3 Å². The third-order valence-electron chi connectivity index (χ3n) is 3.54. The predicted octanol–water partition coefficient (Wildman–Crippen LogP) is 0.162. The van der Waals surface area contributed by atoms with Crippen LogP contribution >= 0.6 is 0 Å². The quantitative estimate of drug-likeness (QED) is 0.744. The van der Waals surface area contributed by atoms with Crippen molar-refractivity contribution in [2.75, 3.05) is 40.3 Å². The first-order valence-corrected chi connectivity index (χ1v) is 6.33. The summed E-state index contributed by atoms with van der Waals surface area (Å²) in [6.07, 6.45) is 3.53. The lowest BCUT2D eigenvalue weighted by Gasteiger charge is -2.28. The van der Waals surface area contributed by atoms with Crippen LogP contribution in [0.2, 0.25) is 0 Å². The van der Waals surface area contributed by atoms with E-state index in [0.29, 0.717) is 12.1 Å². The van der Waals surface area contributed by atoms with Crippen molar-refractivity contribution in [1.82, 2.24) is 9.80 Å². The number of likely N-dealkylation sites (tertiary alicyclic amines) is 1. The predicted molar refractivity (Wildman–Crippen MR) is 63.5 cm³/mol. The minimum atomic E-state index is -0.147. The minimum Gasteiger partial charge on any atom is -0.392 e. The fraction of sp³-hybridized carbons (Fsp3) is 1.00. The first-order valence-electron chi connectivity index (χ1n) is 6.33. The van der Waals surface area contributed by atoms with Crippen molar-refractivity contribution in [2.45, 2.75) is 37.5 Å². The fourth-order valence-electron chi connectivity index (χ4n) is 2.84. The average molecular weight is 228 g/mol. The molecule has 2 aliphatic rings. The second-order valence-corrected chi connectivity index (χ2v) is 5.39. The molecule has 0 saturated carbocycles. The van der Waals surface area contributed by atoms with E-state index >= 15 is 0 Å². The zero-order valence-electron chi connectivity index (χ0n) is 10.4. The van der Waals surface area contributed by atoms with Gasteiger partial charge in [-0.1, -0.05) is 0 Å². The van der Waals surface area contributed by atoms with Gasteiger partial charge in [-0.15, -0.1) is 0 Å². The first-order chi connectivity index (χ1) is 7.65. The van der Waals surface area contributed by atoms with E-state index in [4.69, 9.17) is 4.74 Å². The molecule has 0 aromatic rings. The maximum atomic E-state index is 9.76. The van der Waals surface area contributed by atoms with Crippen LogP contribution < -0.4 is 0 Å². The summed E-state index contributed by atoms with van der Waals surface area (Å²) in [6, 6.07) is 0.495. The lowest BCUT2D eigenvalue weighted by Crippen LogP contribution is -2.41. The fourth-order valence-corrected chi connectivity index (χ4v) is 2.84. The molecule has 2 saturated heterocycles. The van der Waals surface area contributed by atoms with Crippen LogP contribution in [0.25, 0.3) is 0 Å². The zero-order chi connectivity index (χ0) is 11.5. The van der Waals surface area contributed by atoms with Crippen molar-refractivity contribution in [3.05, 3.63) is 0 Å². The highest BCUT2D eigenvalue weighted by Gasteiger charge is 2.33. The van der Waals surface area contributed by atoms with E-state index in [-0.39, 0.29) is 6.10 Å². The monoisotopic (exact) mass is 228 g/mol. The minimum absolute atomic E-state index is 0.147. The molecule has 16 heavy (non-hydrogen) atoms. The summed E-state index contributed by atoms with van der Waals surface area (Å²) in [5.74, 6) is 0. The summed E-state index contributed by atoms with van der Waals surface area (Å²) in [4.78, 5) is 4.60. The first kappa shape index (κ1) is 12.3. The molecule has 4 nitrogen and oxygen atoms in total. The molecule has 0 amide bonds. The molecule has 0 spiro atoms. The second-order valence-electron chi connectivity index (χ2n) is 5.39. The Morgan fingerprint density at radius 3 is 2.88 bits per heavy atom. The van der Waals surface area contributed by atoms with Crippen LogP contribution in [0.1, 0.15) is 19.3 Å². The number of aliphatic hydroxyl groups excluding tert-OH is 1. The summed E-state index contributed by atoms with van der Waals surface area (Å²) in [5, 5.41) is 9.76. The number of ether oxygens (including phenoxy) is 1. The van der Waals surface area contributed by atoms with Crippen molar-refractivity contribution >= 4 is 0 Å². The summed E-state index contributed by atoms with van der Waals surface area (Å²) in [6.45, 7) is 3.76. The van der Waals surface area contributed by atoms with Gasteiger partial charge in [0.1, 0.15) is 0 Å². The number of hydrogen-bond donors (Lipinski definition) is 1. The van der Waals surface area contributed by atoms with Crippen LogP contribution in [0.4, 0.5) is 0 Å². The number of likely N-dealkylation sites (N-methyl/N-ethyl adjacent to an activating group) is 1. The summed E-state index contributed by atoms with van der Waals surface area (Å²) < 4.78 is 5.67. The molecule has 2 rings (SSSR count). The van der Waals surface area contributed by atoms with Gasteiger partial charge in [0.2, 0.25) is 0 Å². The Hall–Kier alpha value is -0.160. The maximum Gasteiger partial charge on any atom is 0.0702 e. The van der Waals surface area contributed by atoms with Crippen LogP contribution in [-0.4, -0.2) is 73.5 Å². The van der Waals surface area contributed by atoms with Crippen molar-refractivity contribution in [1.29, 1.82) is 0 Å². The van der Waals surface area contributed by atoms with Crippen LogP contribution in [0.3, 0.4) is 0 Å². The van der Waals surface area contributed by atoms with E-state index in [1.807, 2.05) is 0 Å². The van der Waals surface area contributed by atoms with Crippen LogP contribution in [0.5, 0.6) is 0 Å². The molecule has 0 aromatic carbocycles. The van der Waals surface area contributed by atoms with Crippen molar-refractivity contribution in [2.24, 2.45) is 0 Å². The van der Waals surface area contributed by atoms with Gasteiger partial charge in [-0.05, 0) is 33.4 Å². The van der Waals surface area contributed by atoms with Gasteiger partial charge in [-0.2, -0.15) is 0 Å². The number of β-amino-alcohol motifs (C(OH)–C–C–N with tert-alkyl or cyclic N) is 1. The van der Waals surface area contributed by atoms with E-state index in [2.05, 4.69) is 23.9 Å². The molecule has 2 fully saturated rings. The van der Waals surface area contributed by atoms with Crippen LogP contribution in [0, 0.1) is 0 Å². The van der Waals surface area contributed by atoms with Gasteiger partial charge in [0.05, 0.1) is 12.2 Å². The Labute approximate surface area is 98.2 Å². The van der Waals surface area contributed by atoms with E-state index in [9.17, 15) is 5.11 Å². The second kappa shape index (κ2) is 5.45. The molecule has 0 bridgehead atoms. The zero-order valence-corrected chi connectivity index (χ0v) is 10.4. The standard InChI is InChI=1S/C12H24N2O2/c1-13(2)7-10-6-11(15)8-14(10)9-12-4-3-5-16-12/h10-12,15H,3-9H2,1-2H3. The number of aliphatic hydroxyl groups is 1. The van der Waals surface area contributed by atoms with Crippen molar-refractivity contribution in [3.63, 3.8) is 0 Å². The Kier molecular flexibility index (Phi) is 4.19. The highest BCUT2D eigenvalue weighted by molar-refractivity contribution is 4.88. The molecule has 1 N–H and O–H groups in total. The van der Waals surface area contributed by atoms with Crippen LogP contribution in [-0.2, 0) is 4.74 Å². The highest BCUT2D eigenvalue weighted by atomic mass is 16.5. The Bertz CT molecular complexity index is 217. The normalized spacial score (nSPS) is 36.4. The Balaban J connectivity index is 1.84. The topological polar surface area (TPSA) is 35.9 Å².